The zero-order chi connectivity index (χ0) is 22.2. The second-order valence-corrected chi connectivity index (χ2v) is 9.22. The van der Waals surface area contributed by atoms with Gasteiger partial charge in [0.1, 0.15) is 0 Å². The van der Waals surface area contributed by atoms with E-state index in [-0.39, 0.29) is 17.6 Å². The lowest BCUT2D eigenvalue weighted by Gasteiger charge is -2.31. The van der Waals surface area contributed by atoms with Crippen molar-refractivity contribution in [3.05, 3.63) is 75.5 Å². The summed E-state index contributed by atoms with van der Waals surface area (Å²) in [6.07, 6.45) is 3.30. The molecule has 2 fully saturated rings. The standard InChI is InChI=1S/C24H22Cl2N4O2/c25-19-9-8-17(14-20(19)26)23(31)16-10-12-29(13-11-16)24(32)21-22(15-6-7-15)30(28-27-21)18-4-2-1-3-5-18/h1-5,8-9,14-16H,6-7,10-13H2. The van der Waals surface area contributed by atoms with E-state index < -0.39 is 0 Å². The van der Waals surface area contributed by atoms with Gasteiger partial charge in [0.05, 0.1) is 21.4 Å². The highest BCUT2D eigenvalue weighted by Gasteiger charge is 2.37. The Morgan fingerprint density at radius 3 is 2.28 bits per heavy atom. The largest absolute Gasteiger partial charge is 0.337 e. The van der Waals surface area contributed by atoms with Crippen LogP contribution < -0.4 is 0 Å². The Morgan fingerprint density at radius 2 is 1.62 bits per heavy atom. The van der Waals surface area contributed by atoms with Gasteiger partial charge in [-0.15, -0.1) is 5.10 Å². The Hall–Kier alpha value is -2.70. The second-order valence-electron chi connectivity index (χ2n) is 8.40. The van der Waals surface area contributed by atoms with Gasteiger partial charge in [0.25, 0.3) is 5.91 Å². The molecule has 1 saturated heterocycles. The summed E-state index contributed by atoms with van der Waals surface area (Å²) in [5.74, 6) is 0.121. The number of para-hydroxylation sites is 1. The third-order valence-electron chi connectivity index (χ3n) is 6.23. The Kier molecular flexibility index (Phi) is 5.74. The van der Waals surface area contributed by atoms with Crippen molar-refractivity contribution in [3.63, 3.8) is 0 Å². The van der Waals surface area contributed by atoms with Gasteiger partial charge in [-0.25, -0.2) is 4.68 Å². The first-order valence-corrected chi connectivity index (χ1v) is 11.6. The first-order chi connectivity index (χ1) is 15.5. The van der Waals surface area contributed by atoms with Crippen molar-refractivity contribution in [1.82, 2.24) is 19.9 Å². The number of ketones is 1. The number of hydrogen-bond donors (Lipinski definition) is 0. The molecule has 164 valence electrons. The highest BCUT2D eigenvalue weighted by Crippen LogP contribution is 2.42. The molecule has 1 saturated carbocycles. The molecule has 3 aromatic rings. The summed E-state index contributed by atoms with van der Waals surface area (Å²) >= 11 is 12.0. The molecule has 0 bridgehead atoms. The molecule has 0 atom stereocenters. The monoisotopic (exact) mass is 468 g/mol. The number of benzene rings is 2. The van der Waals surface area contributed by atoms with Crippen LogP contribution in [0.1, 0.15) is 58.1 Å². The van der Waals surface area contributed by atoms with Crippen molar-refractivity contribution in [1.29, 1.82) is 0 Å². The molecule has 2 aromatic carbocycles. The van der Waals surface area contributed by atoms with Crippen molar-refractivity contribution < 1.29 is 9.59 Å². The number of rotatable bonds is 5. The summed E-state index contributed by atoms with van der Waals surface area (Å²) in [7, 11) is 0. The molecule has 5 rings (SSSR count). The van der Waals surface area contributed by atoms with Crippen molar-refractivity contribution in [2.45, 2.75) is 31.6 Å². The van der Waals surface area contributed by atoms with Crippen LogP contribution in [0.3, 0.4) is 0 Å². The van der Waals surface area contributed by atoms with Crippen LogP contribution in [0.15, 0.2) is 48.5 Å². The molecule has 0 N–H and O–H groups in total. The zero-order valence-electron chi connectivity index (χ0n) is 17.4. The van der Waals surface area contributed by atoms with E-state index >= 15 is 0 Å². The third kappa shape index (κ3) is 4.05. The van der Waals surface area contributed by atoms with E-state index in [0.717, 1.165) is 24.2 Å². The van der Waals surface area contributed by atoms with E-state index in [1.165, 1.54) is 0 Å². The van der Waals surface area contributed by atoms with Crippen LogP contribution in [0.25, 0.3) is 5.69 Å². The Balaban J connectivity index is 1.30. The molecule has 1 aliphatic heterocycles. The maximum absolute atomic E-state index is 13.3. The number of hydrogen-bond acceptors (Lipinski definition) is 4. The predicted molar refractivity (Wildman–Crippen MR) is 123 cm³/mol. The number of amides is 1. The van der Waals surface area contributed by atoms with E-state index in [0.29, 0.717) is 53.2 Å². The van der Waals surface area contributed by atoms with Gasteiger partial charge in [0, 0.05) is 30.5 Å². The average Bonchev–Trinajstić information content (AvgIpc) is 3.58. The summed E-state index contributed by atoms with van der Waals surface area (Å²) in [5.41, 5.74) is 2.80. The normalized spacial score (nSPS) is 16.9. The lowest BCUT2D eigenvalue weighted by Crippen LogP contribution is -2.40. The smallest absolute Gasteiger partial charge is 0.276 e. The number of carbonyl (C=O) groups excluding carboxylic acids is 2. The van der Waals surface area contributed by atoms with E-state index in [9.17, 15) is 9.59 Å². The number of likely N-dealkylation sites (tertiary alicyclic amines) is 1. The predicted octanol–water partition coefficient (Wildman–Crippen LogP) is 5.19. The first-order valence-electron chi connectivity index (χ1n) is 10.8. The number of nitrogens with zero attached hydrogens (tertiary/aromatic N) is 4. The fourth-order valence-corrected chi connectivity index (χ4v) is 4.60. The fraction of sp³-hybridized carbons (Fsp3) is 0.333. The number of halogens is 2. The quantitative estimate of drug-likeness (QED) is 0.483. The number of Topliss-reactive ketones (excluding diaryl/α,β-unsaturated/α-hetero) is 1. The summed E-state index contributed by atoms with van der Waals surface area (Å²) in [4.78, 5) is 28.0. The molecule has 1 aliphatic carbocycles. The first kappa shape index (κ1) is 21.2. The van der Waals surface area contributed by atoms with Crippen molar-refractivity contribution >= 4 is 34.9 Å². The lowest BCUT2D eigenvalue weighted by atomic mass is 9.88. The second kappa shape index (κ2) is 8.68. The van der Waals surface area contributed by atoms with Gasteiger partial charge in [0.15, 0.2) is 11.5 Å². The van der Waals surface area contributed by atoms with Crippen LogP contribution in [-0.4, -0.2) is 44.7 Å². The van der Waals surface area contributed by atoms with Gasteiger partial charge >= 0.3 is 0 Å². The van der Waals surface area contributed by atoms with Gasteiger partial charge in [-0.05, 0) is 56.0 Å². The van der Waals surface area contributed by atoms with Crippen LogP contribution in [0.5, 0.6) is 0 Å². The van der Waals surface area contributed by atoms with Crippen molar-refractivity contribution in [3.8, 4) is 5.69 Å². The van der Waals surface area contributed by atoms with Gasteiger partial charge in [-0.2, -0.15) is 0 Å². The molecule has 0 unspecified atom stereocenters. The molecule has 6 nitrogen and oxygen atoms in total. The molecule has 8 heteroatoms. The summed E-state index contributed by atoms with van der Waals surface area (Å²) < 4.78 is 1.80. The van der Waals surface area contributed by atoms with E-state index in [1.807, 2.05) is 30.3 Å². The molecule has 1 amide bonds. The Morgan fingerprint density at radius 1 is 0.906 bits per heavy atom. The molecule has 0 radical (unpaired) electrons. The van der Waals surface area contributed by atoms with E-state index in [2.05, 4.69) is 10.3 Å². The lowest BCUT2D eigenvalue weighted by molar-refractivity contribution is 0.0644. The SMILES string of the molecule is O=C(c1ccc(Cl)c(Cl)c1)C1CCN(C(=O)c2nnn(-c3ccccc3)c2C2CC2)CC1. The molecular formula is C24H22Cl2N4O2. The molecule has 2 aliphatic rings. The summed E-state index contributed by atoms with van der Waals surface area (Å²) in [6, 6.07) is 14.8. The number of piperidine rings is 1. The maximum Gasteiger partial charge on any atom is 0.276 e. The van der Waals surface area contributed by atoms with Gasteiger partial charge in [-0.1, -0.05) is 46.6 Å². The number of aromatic nitrogens is 3. The minimum Gasteiger partial charge on any atom is -0.337 e. The molecule has 1 aromatic heterocycles. The third-order valence-corrected chi connectivity index (χ3v) is 6.97. The Bertz CT molecular complexity index is 1170. The van der Waals surface area contributed by atoms with Crippen molar-refractivity contribution in [2.75, 3.05) is 13.1 Å². The highest BCUT2D eigenvalue weighted by molar-refractivity contribution is 6.42. The van der Waals surface area contributed by atoms with Gasteiger partial charge in [0.2, 0.25) is 0 Å². The summed E-state index contributed by atoms with van der Waals surface area (Å²) in [6.45, 7) is 1.03. The Labute approximate surface area is 196 Å². The van der Waals surface area contributed by atoms with Gasteiger partial charge < -0.3 is 4.90 Å². The van der Waals surface area contributed by atoms with Crippen LogP contribution >= 0.6 is 23.2 Å². The molecular weight excluding hydrogens is 447 g/mol. The van der Waals surface area contributed by atoms with E-state index in [1.54, 1.807) is 27.8 Å². The maximum atomic E-state index is 13.3. The van der Waals surface area contributed by atoms with Crippen LogP contribution in [0, 0.1) is 5.92 Å². The topological polar surface area (TPSA) is 68.1 Å². The number of carbonyl (C=O) groups is 2. The average molecular weight is 469 g/mol. The van der Waals surface area contributed by atoms with E-state index in [4.69, 9.17) is 23.2 Å². The summed E-state index contributed by atoms with van der Waals surface area (Å²) in [5, 5.41) is 9.38. The molecule has 2 heterocycles. The highest BCUT2D eigenvalue weighted by atomic mass is 35.5. The minimum atomic E-state index is -0.140. The molecule has 32 heavy (non-hydrogen) atoms. The van der Waals surface area contributed by atoms with Crippen molar-refractivity contribution in [2.24, 2.45) is 5.92 Å². The van der Waals surface area contributed by atoms with Gasteiger partial charge in [-0.3, -0.25) is 9.59 Å². The zero-order valence-corrected chi connectivity index (χ0v) is 18.9. The fourth-order valence-electron chi connectivity index (χ4n) is 4.30. The molecule has 0 spiro atoms. The van der Waals surface area contributed by atoms with Crippen LogP contribution in [0.4, 0.5) is 0 Å². The van der Waals surface area contributed by atoms with Crippen LogP contribution in [-0.2, 0) is 0 Å². The minimum absolute atomic E-state index is 0.0457. The van der Waals surface area contributed by atoms with Crippen LogP contribution in [0.2, 0.25) is 10.0 Å².